The van der Waals surface area contributed by atoms with Crippen LogP contribution in [0.25, 0.3) is 0 Å². The van der Waals surface area contributed by atoms with E-state index < -0.39 is 11.9 Å². The summed E-state index contributed by atoms with van der Waals surface area (Å²) in [6.45, 7) is 2.14. The molecule has 4 heteroatoms. The zero-order valence-corrected chi connectivity index (χ0v) is 9.74. The van der Waals surface area contributed by atoms with Crippen LogP contribution in [0.3, 0.4) is 0 Å². The molecule has 0 amide bonds. The minimum atomic E-state index is -1.19. The van der Waals surface area contributed by atoms with Gasteiger partial charge in [0, 0.05) is 11.6 Å². The Hall–Kier alpha value is -1.32. The smallest absolute Gasteiger partial charge is 0.331 e. The fourth-order valence-electron chi connectivity index (χ4n) is 1.49. The van der Waals surface area contributed by atoms with Crippen molar-refractivity contribution in [2.24, 2.45) is 0 Å². The van der Waals surface area contributed by atoms with Crippen molar-refractivity contribution in [3.05, 3.63) is 11.6 Å². The van der Waals surface area contributed by atoms with Crippen LogP contribution in [-0.2, 0) is 9.59 Å². The summed E-state index contributed by atoms with van der Waals surface area (Å²) in [5, 5.41) is 17.2. The van der Waals surface area contributed by atoms with Crippen LogP contribution in [-0.4, -0.2) is 22.2 Å². The first-order valence-corrected chi connectivity index (χ1v) is 5.74. The molecule has 4 nitrogen and oxygen atoms in total. The molecule has 0 aliphatic carbocycles. The third kappa shape index (κ3) is 8.03. The predicted octanol–water partition coefficient (Wildman–Crippen LogP) is 2.83. The molecule has 16 heavy (non-hydrogen) atoms. The second kappa shape index (κ2) is 8.95. The quantitative estimate of drug-likeness (QED) is 0.470. The van der Waals surface area contributed by atoms with Crippen molar-refractivity contribution < 1.29 is 19.8 Å². The standard InChI is InChI=1S/C12H20O4/c1-2-3-4-5-6-7-8-10(12(15)16)9-11(13)14/h9H,2-8H2,1H3,(H,13,14)(H,15,16)/b10-9-. The first-order chi connectivity index (χ1) is 7.57. The minimum absolute atomic E-state index is 0.0111. The van der Waals surface area contributed by atoms with E-state index in [1.165, 1.54) is 19.3 Å². The maximum absolute atomic E-state index is 10.7. The zero-order valence-electron chi connectivity index (χ0n) is 9.74. The summed E-state index contributed by atoms with van der Waals surface area (Å²) >= 11 is 0. The van der Waals surface area contributed by atoms with Gasteiger partial charge < -0.3 is 10.2 Å². The van der Waals surface area contributed by atoms with Gasteiger partial charge in [-0.2, -0.15) is 0 Å². The van der Waals surface area contributed by atoms with Crippen LogP contribution in [0, 0.1) is 0 Å². The molecule has 0 bridgehead atoms. The largest absolute Gasteiger partial charge is 0.478 e. The summed E-state index contributed by atoms with van der Waals surface area (Å²) in [5.41, 5.74) is -0.0111. The second-order valence-electron chi connectivity index (χ2n) is 3.83. The molecule has 0 heterocycles. The molecular weight excluding hydrogens is 208 g/mol. The molecule has 0 atom stereocenters. The van der Waals surface area contributed by atoms with Gasteiger partial charge in [-0.15, -0.1) is 0 Å². The topological polar surface area (TPSA) is 74.6 Å². The van der Waals surface area contributed by atoms with E-state index in [9.17, 15) is 9.59 Å². The van der Waals surface area contributed by atoms with Gasteiger partial charge >= 0.3 is 11.9 Å². The van der Waals surface area contributed by atoms with E-state index in [1.54, 1.807) is 0 Å². The summed E-state index contributed by atoms with van der Waals surface area (Å²) in [7, 11) is 0. The molecule has 0 aliphatic rings. The van der Waals surface area contributed by atoms with Gasteiger partial charge in [-0.25, -0.2) is 9.59 Å². The molecule has 0 spiro atoms. The van der Waals surface area contributed by atoms with Gasteiger partial charge in [-0.05, 0) is 12.8 Å². The fourth-order valence-corrected chi connectivity index (χ4v) is 1.49. The lowest BCUT2D eigenvalue weighted by Crippen LogP contribution is -2.04. The number of carboxylic acid groups (broad SMARTS) is 2. The molecule has 0 radical (unpaired) electrons. The highest BCUT2D eigenvalue weighted by Gasteiger charge is 2.08. The van der Waals surface area contributed by atoms with Gasteiger partial charge in [0.25, 0.3) is 0 Å². The lowest BCUT2D eigenvalue weighted by Gasteiger charge is -2.01. The number of rotatable bonds is 9. The summed E-state index contributed by atoms with van der Waals surface area (Å²) in [5.74, 6) is -2.32. The Morgan fingerprint density at radius 3 is 2.06 bits per heavy atom. The molecule has 0 rings (SSSR count). The molecule has 0 aromatic carbocycles. The zero-order chi connectivity index (χ0) is 12.4. The third-order valence-corrected chi connectivity index (χ3v) is 2.37. The molecule has 0 saturated carbocycles. The summed E-state index contributed by atoms with van der Waals surface area (Å²) < 4.78 is 0. The van der Waals surface area contributed by atoms with E-state index in [2.05, 4.69) is 6.92 Å². The van der Waals surface area contributed by atoms with Crippen molar-refractivity contribution in [1.82, 2.24) is 0 Å². The average molecular weight is 228 g/mol. The summed E-state index contributed by atoms with van der Waals surface area (Å²) in [4.78, 5) is 21.0. The van der Waals surface area contributed by atoms with E-state index in [4.69, 9.17) is 10.2 Å². The van der Waals surface area contributed by atoms with Gasteiger partial charge in [-0.1, -0.05) is 39.0 Å². The van der Waals surface area contributed by atoms with Crippen molar-refractivity contribution in [3.8, 4) is 0 Å². The van der Waals surface area contributed by atoms with Crippen LogP contribution in [0.2, 0.25) is 0 Å². The Morgan fingerprint density at radius 1 is 1.00 bits per heavy atom. The molecule has 0 aliphatic heterocycles. The Balaban J connectivity index is 3.78. The number of unbranched alkanes of at least 4 members (excludes halogenated alkanes) is 5. The van der Waals surface area contributed by atoms with Crippen molar-refractivity contribution in [3.63, 3.8) is 0 Å². The van der Waals surface area contributed by atoms with Crippen LogP contribution in [0.4, 0.5) is 0 Å². The monoisotopic (exact) mass is 228 g/mol. The highest BCUT2D eigenvalue weighted by Crippen LogP contribution is 2.12. The lowest BCUT2D eigenvalue weighted by atomic mass is 10.0. The van der Waals surface area contributed by atoms with E-state index >= 15 is 0 Å². The highest BCUT2D eigenvalue weighted by atomic mass is 16.4. The normalized spacial score (nSPS) is 11.4. The number of carbonyl (C=O) groups is 2. The first-order valence-electron chi connectivity index (χ1n) is 5.74. The maximum Gasteiger partial charge on any atom is 0.331 e. The van der Waals surface area contributed by atoms with Gasteiger partial charge in [0.1, 0.15) is 0 Å². The average Bonchev–Trinajstić information content (AvgIpc) is 2.20. The van der Waals surface area contributed by atoms with Crippen molar-refractivity contribution in [1.29, 1.82) is 0 Å². The molecule has 2 N–H and O–H groups in total. The molecule has 0 saturated heterocycles. The van der Waals surface area contributed by atoms with Gasteiger partial charge in [-0.3, -0.25) is 0 Å². The Kier molecular flexibility index (Phi) is 8.21. The number of hydrogen-bond acceptors (Lipinski definition) is 2. The molecule has 92 valence electrons. The summed E-state index contributed by atoms with van der Waals surface area (Å²) in [6.07, 6.45) is 7.48. The molecule has 0 fully saturated rings. The molecule has 0 aromatic rings. The van der Waals surface area contributed by atoms with Crippen LogP contribution in [0.1, 0.15) is 51.9 Å². The van der Waals surface area contributed by atoms with Crippen LogP contribution < -0.4 is 0 Å². The SMILES string of the molecule is CCCCCCCC/C(=C/C(=O)O)C(=O)O. The van der Waals surface area contributed by atoms with E-state index in [0.717, 1.165) is 25.3 Å². The molecule has 0 unspecified atom stereocenters. The van der Waals surface area contributed by atoms with Gasteiger partial charge in [0.05, 0.1) is 0 Å². The number of aliphatic carboxylic acids is 2. The van der Waals surface area contributed by atoms with Crippen LogP contribution in [0.5, 0.6) is 0 Å². The van der Waals surface area contributed by atoms with Crippen molar-refractivity contribution >= 4 is 11.9 Å². The third-order valence-electron chi connectivity index (χ3n) is 2.37. The Labute approximate surface area is 96.0 Å². The first kappa shape index (κ1) is 14.7. The van der Waals surface area contributed by atoms with Crippen LogP contribution in [0.15, 0.2) is 11.6 Å². The number of hydrogen-bond donors (Lipinski definition) is 2. The highest BCUT2D eigenvalue weighted by molar-refractivity contribution is 5.94. The lowest BCUT2D eigenvalue weighted by molar-refractivity contribution is -0.135. The fraction of sp³-hybridized carbons (Fsp3) is 0.667. The van der Waals surface area contributed by atoms with E-state index in [-0.39, 0.29) is 5.57 Å². The molecular formula is C12H20O4. The Morgan fingerprint density at radius 2 is 1.56 bits per heavy atom. The molecule has 0 aromatic heterocycles. The van der Waals surface area contributed by atoms with Crippen molar-refractivity contribution in [2.45, 2.75) is 51.9 Å². The summed E-state index contributed by atoms with van der Waals surface area (Å²) in [6, 6.07) is 0. The predicted molar refractivity (Wildman–Crippen MR) is 61.3 cm³/mol. The minimum Gasteiger partial charge on any atom is -0.478 e. The van der Waals surface area contributed by atoms with Crippen molar-refractivity contribution in [2.75, 3.05) is 0 Å². The van der Waals surface area contributed by atoms with E-state index in [0.29, 0.717) is 6.42 Å². The van der Waals surface area contributed by atoms with Gasteiger partial charge in [0.15, 0.2) is 0 Å². The van der Waals surface area contributed by atoms with Crippen LogP contribution >= 0.6 is 0 Å². The van der Waals surface area contributed by atoms with Gasteiger partial charge in [0.2, 0.25) is 0 Å². The Bertz CT molecular complexity index is 256. The maximum atomic E-state index is 10.7. The number of carboxylic acids is 2. The second-order valence-corrected chi connectivity index (χ2v) is 3.83. The van der Waals surface area contributed by atoms with E-state index in [1.807, 2.05) is 0 Å².